The molecule has 0 fully saturated rings. The Morgan fingerprint density at radius 1 is 1.19 bits per heavy atom. The van der Waals surface area contributed by atoms with Crippen LogP contribution < -0.4 is 15.8 Å². The summed E-state index contributed by atoms with van der Waals surface area (Å²) >= 11 is 0. The van der Waals surface area contributed by atoms with E-state index in [2.05, 4.69) is 15.3 Å². The van der Waals surface area contributed by atoms with Crippen molar-refractivity contribution in [3.63, 3.8) is 0 Å². The standard InChI is InChI=1S/C8H8N2O2.C6H8N2O/c1-5-2-3-6-8(9-5)10-7(11)4-12-6;1-4-2-3-5(9)6(7)8-4/h2-3H,4H2,1H3,(H,9,10,11);2-3,9H,1H3,(H2,7,8). The van der Waals surface area contributed by atoms with Crippen LogP contribution in [-0.2, 0) is 4.79 Å². The summed E-state index contributed by atoms with van der Waals surface area (Å²) in [5, 5.41) is 11.5. The highest BCUT2D eigenvalue weighted by atomic mass is 16.5. The summed E-state index contributed by atoms with van der Waals surface area (Å²) in [4.78, 5) is 18.8. The lowest BCUT2D eigenvalue weighted by molar-refractivity contribution is -0.118. The van der Waals surface area contributed by atoms with Crippen LogP contribution in [0.2, 0.25) is 0 Å². The van der Waals surface area contributed by atoms with Crippen LogP contribution >= 0.6 is 0 Å². The Morgan fingerprint density at radius 2 is 1.86 bits per heavy atom. The van der Waals surface area contributed by atoms with Crippen LogP contribution in [0.3, 0.4) is 0 Å². The quantitative estimate of drug-likeness (QED) is 0.675. The zero-order chi connectivity index (χ0) is 15.4. The van der Waals surface area contributed by atoms with Gasteiger partial charge < -0.3 is 20.9 Å². The van der Waals surface area contributed by atoms with Crippen molar-refractivity contribution in [1.29, 1.82) is 0 Å². The van der Waals surface area contributed by atoms with E-state index in [1.807, 2.05) is 19.9 Å². The topological polar surface area (TPSA) is 110 Å². The van der Waals surface area contributed by atoms with Gasteiger partial charge in [0.1, 0.15) is 0 Å². The summed E-state index contributed by atoms with van der Waals surface area (Å²) in [5.41, 5.74) is 6.93. The van der Waals surface area contributed by atoms with Crippen molar-refractivity contribution in [2.45, 2.75) is 13.8 Å². The van der Waals surface area contributed by atoms with Crippen LogP contribution in [0.15, 0.2) is 24.3 Å². The maximum Gasteiger partial charge on any atom is 0.263 e. The van der Waals surface area contributed by atoms with E-state index in [4.69, 9.17) is 15.6 Å². The predicted molar refractivity (Wildman–Crippen MR) is 78.1 cm³/mol. The van der Waals surface area contributed by atoms with Gasteiger partial charge in [0.2, 0.25) is 0 Å². The number of nitrogens with one attached hydrogen (secondary N) is 1. The number of nitrogens with zero attached hydrogens (tertiary/aromatic N) is 2. The molecule has 1 aliphatic heterocycles. The number of pyridine rings is 2. The fraction of sp³-hybridized carbons (Fsp3) is 0.214. The molecule has 0 saturated carbocycles. The summed E-state index contributed by atoms with van der Waals surface area (Å²) < 4.78 is 5.12. The molecule has 0 unspecified atom stereocenters. The highest BCUT2D eigenvalue weighted by Gasteiger charge is 2.16. The van der Waals surface area contributed by atoms with Crippen molar-refractivity contribution < 1.29 is 14.6 Å². The third-order valence-electron chi connectivity index (χ3n) is 2.66. The number of rotatable bonds is 0. The van der Waals surface area contributed by atoms with E-state index in [-0.39, 0.29) is 24.1 Å². The molecule has 110 valence electrons. The van der Waals surface area contributed by atoms with Gasteiger partial charge in [0.25, 0.3) is 5.91 Å². The van der Waals surface area contributed by atoms with Crippen molar-refractivity contribution in [3.05, 3.63) is 35.7 Å². The van der Waals surface area contributed by atoms with Gasteiger partial charge in [0, 0.05) is 11.4 Å². The van der Waals surface area contributed by atoms with E-state index >= 15 is 0 Å². The highest BCUT2D eigenvalue weighted by molar-refractivity contribution is 5.94. The van der Waals surface area contributed by atoms with Gasteiger partial charge in [0.15, 0.2) is 29.7 Å². The third-order valence-corrected chi connectivity index (χ3v) is 2.66. The van der Waals surface area contributed by atoms with Gasteiger partial charge in [-0.3, -0.25) is 4.79 Å². The molecule has 2 aromatic rings. The fourth-order valence-corrected chi connectivity index (χ4v) is 1.63. The molecule has 4 N–H and O–H groups in total. The molecule has 0 atom stereocenters. The molecule has 0 aromatic carbocycles. The van der Waals surface area contributed by atoms with Crippen molar-refractivity contribution in [3.8, 4) is 11.5 Å². The molecular weight excluding hydrogens is 272 g/mol. The molecule has 1 aliphatic rings. The third kappa shape index (κ3) is 3.82. The zero-order valence-corrected chi connectivity index (χ0v) is 11.8. The number of aromatic nitrogens is 2. The summed E-state index contributed by atoms with van der Waals surface area (Å²) in [6, 6.07) is 6.87. The van der Waals surface area contributed by atoms with Crippen LogP contribution in [0.4, 0.5) is 11.6 Å². The van der Waals surface area contributed by atoms with Crippen LogP contribution in [0.1, 0.15) is 11.4 Å². The number of carbonyl (C=O) groups excluding carboxylic acids is 1. The number of aromatic hydroxyl groups is 1. The van der Waals surface area contributed by atoms with Gasteiger partial charge in [0.05, 0.1) is 0 Å². The molecule has 0 bridgehead atoms. The minimum Gasteiger partial charge on any atom is -0.504 e. The average molecular weight is 288 g/mol. The van der Waals surface area contributed by atoms with Gasteiger partial charge in [-0.25, -0.2) is 9.97 Å². The Hall–Kier alpha value is -2.83. The van der Waals surface area contributed by atoms with Gasteiger partial charge in [-0.2, -0.15) is 0 Å². The molecule has 7 nitrogen and oxygen atoms in total. The number of aryl methyl sites for hydroxylation is 2. The SMILES string of the molecule is Cc1ccc(O)c(N)n1.Cc1ccc2c(n1)NC(=O)CO2. The normalized spacial score (nSPS) is 12.4. The van der Waals surface area contributed by atoms with Gasteiger partial charge in [-0.1, -0.05) is 0 Å². The molecule has 0 saturated heterocycles. The Kier molecular flexibility index (Phi) is 4.22. The highest BCUT2D eigenvalue weighted by Crippen LogP contribution is 2.24. The Morgan fingerprint density at radius 3 is 2.52 bits per heavy atom. The van der Waals surface area contributed by atoms with Crippen molar-refractivity contribution in [2.24, 2.45) is 0 Å². The number of ether oxygens (including phenoxy) is 1. The Balaban J connectivity index is 0.000000161. The van der Waals surface area contributed by atoms with Crippen molar-refractivity contribution in [2.75, 3.05) is 17.7 Å². The average Bonchev–Trinajstić information content (AvgIpc) is 2.43. The fourth-order valence-electron chi connectivity index (χ4n) is 1.63. The summed E-state index contributed by atoms with van der Waals surface area (Å²) in [6.07, 6.45) is 0. The largest absolute Gasteiger partial charge is 0.504 e. The molecule has 7 heteroatoms. The predicted octanol–water partition coefficient (Wildman–Crippen LogP) is 1.40. The monoisotopic (exact) mass is 288 g/mol. The first kappa shape index (κ1) is 14.6. The number of fused-ring (bicyclic) bond motifs is 1. The number of amides is 1. The molecule has 0 spiro atoms. The molecule has 0 aliphatic carbocycles. The lowest BCUT2D eigenvalue weighted by Crippen LogP contribution is -2.26. The number of hydrogen-bond donors (Lipinski definition) is 3. The zero-order valence-electron chi connectivity index (χ0n) is 11.8. The Labute approximate surface area is 121 Å². The molecule has 1 amide bonds. The van der Waals surface area contributed by atoms with E-state index in [1.165, 1.54) is 6.07 Å². The minimum atomic E-state index is -0.152. The first-order chi connectivity index (χ1) is 9.95. The van der Waals surface area contributed by atoms with E-state index in [0.717, 1.165) is 11.4 Å². The van der Waals surface area contributed by atoms with Gasteiger partial charge in [-0.15, -0.1) is 0 Å². The van der Waals surface area contributed by atoms with E-state index in [1.54, 1.807) is 12.1 Å². The molecule has 3 rings (SSSR count). The maximum atomic E-state index is 10.9. The lowest BCUT2D eigenvalue weighted by atomic mass is 10.3. The van der Waals surface area contributed by atoms with Crippen molar-refractivity contribution in [1.82, 2.24) is 9.97 Å². The second-order valence-corrected chi connectivity index (χ2v) is 4.49. The van der Waals surface area contributed by atoms with E-state index in [9.17, 15) is 4.79 Å². The summed E-state index contributed by atoms with van der Waals surface area (Å²) in [5.74, 6) is 1.24. The Bertz CT molecular complexity index is 673. The maximum absolute atomic E-state index is 10.9. The molecule has 2 aromatic heterocycles. The van der Waals surface area contributed by atoms with Crippen LogP contribution in [0, 0.1) is 13.8 Å². The second-order valence-electron chi connectivity index (χ2n) is 4.49. The van der Waals surface area contributed by atoms with Gasteiger partial charge >= 0.3 is 0 Å². The van der Waals surface area contributed by atoms with Crippen LogP contribution in [-0.4, -0.2) is 27.6 Å². The first-order valence-electron chi connectivity index (χ1n) is 6.28. The number of hydrogen-bond acceptors (Lipinski definition) is 6. The van der Waals surface area contributed by atoms with Crippen LogP contribution in [0.25, 0.3) is 0 Å². The number of carbonyl (C=O) groups is 1. The lowest BCUT2D eigenvalue weighted by Gasteiger charge is -2.16. The smallest absolute Gasteiger partial charge is 0.263 e. The molecule has 21 heavy (non-hydrogen) atoms. The van der Waals surface area contributed by atoms with E-state index in [0.29, 0.717) is 11.6 Å². The minimum absolute atomic E-state index is 0.0422. The second kappa shape index (κ2) is 6.08. The van der Waals surface area contributed by atoms with Gasteiger partial charge in [-0.05, 0) is 38.1 Å². The number of nitrogen functional groups attached to an aromatic ring is 1. The number of anilines is 2. The van der Waals surface area contributed by atoms with E-state index < -0.39 is 0 Å². The number of nitrogens with two attached hydrogens (primary N) is 1. The summed E-state index contributed by atoms with van der Waals surface area (Å²) in [7, 11) is 0. The molecule has 0 radical (unpaired) electrons. The van der Waals surface area contributed by atoms with Crippen LogP contribution in [0.5, 0.6) is 11.5 Å². The summed E-state index contributed by atoms with van der Waals surface area (Å²) in [6.45, 7) is 3.76. The molecule has 3 heterocycles. The first-order valence-corrected chi connectivity index (χ1v) is 6.28. The van der Waals surface area contributed by atoms with Crippen molar-refractivity contribution >= 4 is 17.5 Å². The molecular formula is C14H16N4O3.